The molecule has 0 atom stereocenters. The number of anilines is 1. The van der Waals surface area contributed by atoms with Gasteiger partial charge in [-0.15, -0.1) is 0 Å². The number of nitro groups is 1. The molecule has 0 heterocycles. The highest BCUT2D eigenvalue weighted by molar-refractivity contribution is 6.42. The Balaban J connectivity index is 2.10. The Bertz CT molecular complexity index is 826. The molecule has 0 aliphatic carbocycles. The average Bonchev–Trinajstić information content (AvgIpc) is 2.57. The van der Waals surface area contributed by atoms with E-state index in [4.69, 9.17) is 32.7 Å². The van der Waals surface area contributed by atoms with Crippen LogP contribution in [0.15, 0.2) is 30.3 Å². The summed E-state index contributed by atoms with van der Waals surface area (Å²) >= 11 is 11.9. The van der Waals surface area contributed by atoms with Crippen molar-refractivity contribution >= 4 is 40.5 Å². The largest absolute Gasteiger partial charge is 0.490 e. The summed E-state index contributed by atoms with van der Waals surface area (Å²) in [5.41, 5.74) is 0.717. The number of halogens is 2. The molecule has 0 fully saturated rings. The number of ether oxygens (including phenoxy) is 2. The molecular weight excluding hydrogens is 371 g/mol. The van der Waals surface area contributed by atoms with Crippen LogP contribution in [0.2, 0.25) is 10.0 Å². The van der Waals surface area contributed by atoms with Crippen molar-refractivity contribution in [3.63, 3.8) is 0 Å². The van der Waals surface area contributed by atoms with E-state index in [0.29, 0.717) is 16.3 Å². The summed E-state index contributed by atoms with van der Waals surface area (Å²) in [6.45, 7) is 1.33. The fourth-order valence-electron chi connectivity index (χ4n) is 2.04. The number of nitrogens with one attached hydrogen (secondary N) is 1. The fraction of sp³-hybridized carbons (Fsp3) is 0.188. The number of methoxy groups -OCH3 is 1. The van der Waals surface area contributed by atoms with E-state index >= 15 is 0 Å². The van der Waals surface area contributed by atoms with Gasteiger partial charge in [-0.3, -0.25) is 14.9 Å². The summed E-state index contributed by atoms with van der Waals surface area (Å²) in [6.07, 6.45) is 0. The minimum Gasteiger partial charge on any atom is -0.490 e. The lowest BCUT2D eigenvalue weighted by atomic mass is 10.1. The lowest BCUT2D eigenvalue weighted by molar-refractivity contribution is -0.385. The highest BCUT2D eigenvalue weighted by Gasteiger charge is 2.18. The maximum atomic E-state index is 12.1. The molecule has 0 radical (unpaired) electrons. The van der Waals surface area contributed by atoms with Gasteiger partial charge in [-0.1, -0.05) is 29.3 Å². The van der Waals surface area contributed by atoms with Crippen molar-refractivity contribution in [2.75, 3.05) is 19.0 Å². The third-order valence-electron chi connectivity index (χ3n) is 3.27. The Kier molecular flexibility index (Phi) is 6.06. The number of rotatable bonds is 6. The summed E-state index contributed by atoms with van der Waals surface area (Å²) in [4.78, 5) is 22.5. The van der Waals surface area contributed by atoms with E-state index in [1.54, 1.807) is 25.1 Å². The van der Waals surface area contributed by atoms with Crippen LogP contribution < -0.4 is 14.8 Å². The number of amides is 1. The molecule has 0 aromatic heterocycles. The van der Waals surface area contributed by atoms with Crippen LogP contribution >= 0.6 is 23.2 Å². The first-order valence-electron chi connectivity index (χ1n) is 7.03. The second kappa shape index (κ2) is 8.04. The van der Waals surface area contributed by atoms with Crippen LogP contribution in [0.25, 0.3) is 0 Å². The number of aryl methyl sites for hydroxylation is 1. The Morgan fingerprint density at radius 3 is 2.64 bits per heavy atom. The molecule has 2 rings (SSSR count). The summed E-state index contributed by atoms with van der Waals surface area (Å²) in [5, 5.41) is 14.1. The van der Waals surface area contributed by atoms with Crippen LogP contribution in [0.1, 0.15) is 5.56 Å². The van der Waals surface area contributed by atoms with E-state index < -0.39 is 10.8 Å². The fourth-order valence-corrected chi connectivity index (χ4v) is 2.39. The van der Waals surface area contributed by atoms with Gasteiger partial charge in [0.2, 0.25) is 0 Å². The summed E-state index contributed by atoms with van der Waals surface area (Å²) < 4.78 is 10.3. The van der Waals surface area contributed by atoms with E-state index in [-0.39, 0.29) is 28.8 Å². The molecule has 132 valence electrons. The zero-order chi connectivity index (χ0) is 18.6. The maximum absolute atomic E-state index is 12.1. The Morgan fingerprint density at radius 2 is 2.00 bits per heavy atom. The van der Waals surface area contributed by atoms with Crippen molar-refractivity contribution in [3.8, 4) is 11.5 Å². The standard InChI is InChI=1S/C16H14Cl2N2O5/c1-9-6-12(20(22)23)14(24-2)7-11(9)19-15(21)8-25-13-5-3-4-10(17)16(13)18/h3-7H,8H2,1-2H3,(H,19,21). The molecule has 0 saturated heterocycles. The number of hydrogen-bond donors (Lipinski definition) is 1. The first-order valence-corrected chi connectivity index (χ1v) is 7.78. The summed E-state index contributed by atoms with van der Waals surface area (Å²) in [7, 11) is 1.31. The Labute approximate surface area is 153 Å². The van der Waals surface area contributed by atoms with Crippen LogP contribution in [0.3, 0.4) is 0 Å². The third-order valence-corrected chi connectivity index (χ3v) is 4.07. The van der Waals surface area contributed by atoms with E-state index in [2.05, 4.69) is 5.32 Å². The van der Waals surface area contributed by atoms with Crippen molar-refractivity contribution < 1.29 is 19.2 Å². The number of nitro benzene ring substituents is 1. The van der Waals surface area contributed by atoms with Gasteiger partial charge in [-0.05, 0) is 24.6 Å². The van der Waals surface area contributed by atoms with Crippen molar-refractivity contribution in [1.82, 2.24) is 0 Å². The van der Waals surface area contributed by atoms with Gasteiger partial charge in [0.1, 0.15) is 10.8 Å². The molecule has 25 heavy (non-hydrogen) atoms. The zero-order valence-electron chi connectivity index (χ0n) is 13.3. The number of carbonyl (C=O) groups excluding carboxylic acids is 1. The molecule has 2 aromatic carbocycles. The first-order chi connectivity index (χ1) is 11.8. The molecule has 0 aliphatic heterocycles. The van der Waals surface area contributed by atoms with Gasteiger partial charge in [0.25, 0.3) is 5.91 Å². The molecule has 0 saturated carbocycles. The smallest absolute Gasteiger partial charge is 0.311 e. The van der Waals surface area contributed by atoms with Crippen LogP contribution in [-0.2, 0) is 4.79 Å². The maximum Gasteiger partial charge on any atom is 0.311 e. The molecule has 0 aliphatic rings. The highest BCUT2D eigenvalue weighted by Crippen LogP contribution is 2.33. The topological polar surface area (TPSA) is 90.7 Å². The van der Waals surface area contributed by atoms with Crippen LogP contribution in [0.4, 0.5) is 11.4 Å². The highest BCUT2D eigenvalue weighted by atomic mass is 35.5. The monoisotopic (exact) mass is 384 g/mol. The Hall–Kier alpha value is -2.51. The molecule has 0 spiro atoms. The van der Waals surface area contributed by atoms with E-state index in [1.807, 2.05) is 0 Å². The molecule has 2 aromatic rings. The molecule has 7 nitrogen and oxygen atoms in total. The molecule has 9 heteroatoms. The van der Waals surface area contributed by atoms with Crippen LogP contribution in [-0.4, -0.2) is 24.5 Å². The predicted molar refractivity (Wildman–Crippen MR) is 95.0 cm³/mol. The van der Waals surface area contributed by atoms with Gasteiger partial charge in [0, 0.05) is 17.8 Å². The van der Waals surface area contributed by atoms with Crippen molar-refractivity contribution in [3.05, 3.63) is 56.1 Å². The van der Waals surface area contributed by atoms with E-state index in [0.717, 1.165) is 0 Å². The average molecular weight is 385 g/mol. The molecule has 1 amide bonds. The van der Waals surface area contributed by atoms with Crippen molar-refractivity contribution in [1.29, 1.82) is 0 Å². The number of benzene rings is 2. The quantitative estimate of drug-likeness (QED) is 0.594. The number of nitrogens with zero attached hydrogens (tertiary/aromatic N) is 1. The second-order valence-corrected chi connectivity index (χ2v) is 5.77. The van der Waals surface area contributed by atoms with Crippen molar-refractivity contribution in [2.24, 2.45) is 0 Å². The predicted octanol–water partition coefficient (Wildman–Crippen LogP) is 4.24. The van der Waals surface area contributed by atoms with Gasteiger partial charge in [-0.2, -0.15) is 0 Å². The summed E-state index contributed by atoms with van der Waals surface area (Å²) in [5.74, 6) is -0.137. The normalized spacial score (nSPS) is 10.2. The van der Waals surface area contributed by atoms with Gasteiger partial charge in [0.05, 0.1) is 17.1 Å². The molecule has 1 N–H and O–H groups in total. The van der Waals surface area contributed by atoms with E-state index in [9.17, 15) is 14.9 Å². The zero-order valence-corrected chi connectivity index (χ0v) is 14.9. The minimum atomic E-state index is -0.554. The van der Waals surface area contributed by atoms with Crippen LogP contribution in [0.5, 0.6) is 11.5 Å². The van der Waals surface area contributed by atoms with Gasteiger partial charge in [0.15, 0.2) is 12.4 Å². The first kappa shape index (κ1) is 18.8. The Morgan fingerprint density at radius 1 is 1.28 bits per heavy atom. The van der Waals surface area contributed by atoms with Gasteiger partial charge < -0.3 is 14.8 Å². The summed E-state index contributed by atoms with van der Waals surface area (Å²) in [6, 6.07) is 7.54. The number of carbonyl (C=O) groups is 1. The third kappa shape index (κ3) is 4.52. The van der Waals surface area contributed by atoms with Crippen LogP contribution in [0, 0.1) is 17.0 Å². The molecular formula is C16H14Cl2N2O5. The lowest BCUT2D eigenvalue weighted by Crippen LogP contribution is -2.21. The second-order valence-electron chi connectivity index (χ2n) is 4.98. The minimum absolute atomic E-state index is 0.0460. The van der Waals surface area contributed by atoms with Crippen molar-refractivity contribution in [2.45, 2.75) is 6.92 Å². The SMILES string of the molecule is COc1cc(NC(=O)COc2cccc(Cl)c2Cl)c(C)cc1[N+](=O)[O-]. The van der Waals surface area contributed by atoms with Gasteiger partial charge >= 0.3 is 5.69 Å². The molecule has 0 bridgehead atoms. The van der Waals surface area contributed by atoms with E-state index in [1.165, 1.54) is 19.2 Å². The number of hydrogen-bond acceptors (Lipinski definition) is 5. The molecule has 0 unspecified atom stereocenters. The lowest BCUT2D eigenvalue weighted by Gasteiger charge is -2.12. The van der Waals surface area contributed by atoms with Gasteiger partial charge in [-0.25, -0.2) is 0 Å².